The van der Waals surface area contributed by atoms with E-state index in [-0.39, 0.29) is 16.3 Å². The Bertz CT molecular complexity index is 720. The molecule has 1 aromatic carbocycles. The van der Waals surface area contributed by atoms with Crippen molar-refractivity contribution in [1.29, 1.82) is 0 Å². The maximum absolute atomic E-state index is 12.6. The van der Waals surface area contributed by atoms with E-state index in [1.54, 1.807) is 0 Å². The molecular weight excluding hydrogens is 309 g/mol. The van der Waals surface area contributed by atoms with E-state index >= 15 is 0 Å². The number of H-pyrrole nitrogens is 1. The summed E-state index contributed by atoms with van der Waals surface area (Å²) in [6, 6.07) is 5.12. The van der Waals surface area contributed by atoms with Crippen LogP contribution < -0.4 is 10.9 Å². The zero-order valence-electron chi connectivity index (χ0n) is 10.3. The molecule has 21 heavy (non-hydrogen) atoms. The maximum atomic E-state index is 12.6. The summed E-state index contributed by atoms with van der Waals surface area (Å²) < 4.78 is 37.9. The summed E-state index contributed by atoms with van der Waals surface area (Å²) in [5, 5.41) is 2.13. The van der Waals surface area contributed by atoms with Gasteiger partial charge in [0.1, 0.15) is 0 Å². The fourth-order valence-corrected chi connectivity index (χ4v) is 1.82. The van der Waals surface area contributed by atoms with E-state index in [9.17, 15) is 22.8 Å². The van der Waals surface area contributed by atoms with Crippen molar-refractivity contribution >= 4 is 23.2 Å². The first-order valence-corrected chi connectivity index (χ1v) is 6.01. The van der Waals surface area contributed by atoms with Gasteiger partial charge in [0, 0.05) is 23.0 Å². The van der Waals surface area contributed by atoms with Gasteiger partial charge in [0.05, 0.1) is 11.1 Å². The highest BCUT2D eigenvalue weighted by Crippen LogP contribution is 2.33. The number of rotatable bonds is 2. The third-order valence-electron chi connectivity index (χ3n) is 2.53. The molecule has 0 unspecified atom stereocenters. The molecule has 2 aromatic rings. The number of nitrogens with one attached hydrogen (secondary N) is 2. The number of hydrogen-bond donors (Lipinski definition) is 2. The predicted octanol–water partition coefficient (Wildman–Crippen LogP) is 3.30. The summed E-state index contributed by atoms with van der Waals surface area (Å²) >= 11 is 5.61. The second-order valence-corrected chi connectivity index (χ2v) is 4.56. The standard InChI is InChI=1S/C13H8ClF3N2O2/c14-9-3-8(13(15,16)17)4-10(5-9)19-12(21)7-1-2-11(20)18-6-7/h1-6H,(H,18,20)(H,19,21). The Balaban J connectivity index is 2.27. The molecule has 1 heterocycles. The van der Waals surface area contributed by atoms with Crippen LogP contribution in [0.4, 0.5) is 18.9 Å². The van der Waals surface area contributed by atoms with Gasteiger partial charge in [-0.3, -0.25) is 9.59 Å². The quantitative estimate of drug-likeness (QED) is 0.893. The van der Waals surface area contributed by atoms with Gasteiger partial charge in [-0.05, 0) is 24.3 Å². The van der Waals surface area contributed by atoms with Crippen molar-refractivity contribution in [2.45, 2.75) is 6.18 Å². The lowest BCUT2D eigenvalue weighted by atomic mass is 10.2. The molecule has 0 aliphatic rings. The van der Waals surface area contributed by atoms with E-state index in [2.05, 4.69) is 10.3 Å². The molecule has 0 fully saturated rings. The molecule has 1 aromatic heterocycles. The molecule has 0 atom stereocenters. The summed E-state index contributed by atoms with van der Waals surface area (Å²) in [4.78, 5) is 25.0. The number of alkyl halides is 3. The Morgan fingerprint density at radius 2 is 1.90 bits per heavy atom. The molecule has 0 aliphatic carbocycles. The van der Waals surface area contributed by atoms with Gasteiger partial charge in [-0.2, -0.15) is 13.2 Å². The van der Waals surface area contributed by atoms with Gasteiger partial charge in [0.25, 0.3) is 5.91 Å². The second-order valence-electron chi connectivity index (χ2n) is 4.12. The molecule has 2 rings (SSSR count). The Hall–Kier alpha value is -2.28. The topological polar surface area (TPSA) is 62.0 Å². The Morgan fingerprint density at radius 3 is 2.48 bits per heavy atom. The van der Waals surface area contributed by atoms with Crippen LogP contribution >= 0.6 is 11.6 Å². The highest BCUT2D eigenvalue weighted by Gasteiger charge is 2.31. The molecule has 1 amide bonds. The summed E-state index contributed by atoms with van der Waals surface area (Å²) in [6.07, 6.45) is -3.41. The number of anilines is 1. The number of carbonyl (C=O) groups excluding carboxylic acids is 1. The van der Waals surface area contributed by atoms with Crippen LogP contribution in [0.15, 0.2) is 41.3 Å². The molecule has 110 valence electrons. The van der Waals surface area contributed by atoms with Gasteiger partial charge in [0.2, 0.25) is 5.56 Å². The van der Waals surface area contributed by atoms with Gasteiger partial charge in [-0.15, -0.1) is 0 Å². The number of carbonyl (C=O) groups is 1. The van der Waals surface area contributed by atoms with Crippen LogP contribution in [-0.2, 0) is 6.18 Å². The van der Waals surface area contributed by atoms with Crippen molar-refractivity contribution in [2.24, 2.45) is 0 Å². The molecule has 0 bridgehead atoms. The zero-order valence-corrected chi connectivity index (χ0v) is 11.0. The molecule has 0 saturated carbocycles. The van der Waals surface area contributed by atoms with E-state index in [0.29, 0.717) is 0 Å². The van der Waals surface area contributed by atoms with Crippen molar-refractivity contribution in [3.63, 3.8) is 0 Å². The molecule has 0 radical (unpaired) electrons. The first-order chi connectivity index (χ1) is 9.75. The fraction of sp³-hybridized carbons (Fsp3) is 0.0769. The highest BCUT2D eigenvalue weighted by molar-refractivity contribution is 6.31. The van der Waals surface area contributed by atoms with Gasteiger partial charge in [0.15, 0.2) is 0 Å². The Kier molecular flexibility index (Phi) is 4.04. The van der Waals surface area contributed by atoms with Gasteiger partial charge in [-0.25, -0.2) is 0 Å². The van der Waals surface area contributed by atoms with Crippen molar-refractivity contribution in [1.82, 2.24) is 4.98 Å². The zero-order chi connectivity index (χ0) is 15.6. The SMILES string of the molecule is O=C(Nc1cc(Cl)cc(C(F)(F)F)c1)c1ccc(=O)[nH]c1. The minimum atomic E-state index is -4.57. The number of amides is 1. The summed E-state index contributed by atoms with van der Waals surface area (Å²) in [7, 11) is 0. The molecular formula is C13H8ClF3N2O2. The minimum Gasteiger partial charge on any atom is -0.328 e. The summed E-state index contributed by atoms with van der Waals surface area (Å²) in [6.45, 7) is 0. The normalized spacial score (nSPS) is 11.2. The molecule has 4 nitrogen and oxygen atoms in total. The van der Waals surface area contributed by atoms with Crippen molar-refractivity contribution < 1.29 is 18.0 Å². The van der Waals surface area contributed by atoms with Crippen LogP contribution in [-0.4, -0.2) is 10.9 Å². The van der Waals surface area contributed by atoms with Crippen LogP contribution in [0, 0.1) is 0 Å². The van der Waals surface area contributed by atoms with Crippen LogP contribution in [0.25, 0.3) is 0 Å². The highest BCUT2D eigenvalue weighted by atomic mass is 35.5. The molecule has 0 aliphatic heterocycles. The third kappa shape index (κ3) is 3.85. The largest absolute Gasteiger partial charge is 0.416 e. The lowest BCUT2D eigenvalue weighted by Gasteiger charge is -2.11. The third-order valence-corrected chi connectivity index (χ3v) is 2.75. The average molecular weight is 317 g/mol. The summed E-state index contributed by atoms with van der Waals surface area (Å²) in [5.74, 6) is -0.665. The predicted molar refractivity (Wildman–Crippen MR) is 71.5 cm³/mol. The smallest absolute Gasteiger partial charge is 0.328 e. The number of benzene rings is 1. The monoisotopic (exact) mass is 316 g/mol. The number of halogens is 4. The lowest BCUT2D eigenvalue weighted by Crippen LogP contribution is -2.15. The van der Waals surface area contributed by atoms with Crippen LogP contribution in [0.5, 0.6) is 0 Å². The van der Waals surface area contributed by atoms with E-state index in [0.717, 1.165) is 24.4 Å². The fourth-order valence-electron chi connectivity index (χ4n) is 1.58. The lowest BCUT2D eigenvalue weighted by molar-refractivity contribution is -0.137. The van der Waals surface area contributed by atoms with E-state index in [4.69, 9.17) is 11.6 Å². The van der Waals surface area contributed by atoms with Gasteiger partial charge in [-0.1, -0.05) is 11.6 Å². The second kappa shape index (κ2) is 5.61. The Morgan fingerprint density at radius 1 is 1.19 bits per heavy atom. The van der Waals surface area contributed by atoms with Gasteiger partial charge < -0.3 is 10.3 Å². The minimum absolute atomic E-state index is 0.0916. The maximum Gasteiger partial charge on any atom is 0.416 e. The van der Waals surface area contributed by atoms with Crippen molar-refractivity contribution in [3.8, 4) is 0 Å². The molecule has 8 heteroatoms. The van der Waals surface area contributed by atoms with Gasteiger partial charge >= 0.3 is 6.18 Å². The van der Waals surface area contributed by atoms with E-state index in [1.165, 1.54) is 12.1 Å². The molecule has 2 N–H and O–H groups in total. The number of hydrogen-bond acceptors (Lipinski definition) is 2. The Labute approximate surface area is 121 Å². The van der Waals surface area contributed by atoms with E-state index < -0.39 is 23.2 Å². The molecule has 0 spiro atoms. The summed E-state index contributed by atoms with van der Waals surface area (Å²) in [5.41, 5.74) is -1.35. The first kappa shape index (κ1) is 15.1. The number of aromatic nitrogens is 1. The average Bonchev–Trinajstić information content (AvgIpc) is 2.37. The number of pyridine rings is 1. The van der Waals surface area contributed by atoms with Crippen LogP contribution in [0.1, 0.15) is 15.9 Å². The van der Waals surface area contributed by atoms with Crippen LogP contribution in [0.3, 0.4) is 0 Å². The van der Waals surface area contributed by atoms with Crippen molar-refractivity contribution in [3.05, 3.63) is 63.0 Å². The molecule has 0 saturated heterocycles. The van der Waals surface area contributed by atoms with Crippen molar-refractivity contribution in [2.75, 3.05) is 5.32 Å². The first-order valence-electron chi connectivity index (χ1n) is 5.63. The number of aromatic amines is 1. The van der Waals surface area contributed by atoms with E-state index in [1.807, 2.05) is 0 Å². The van der Waals surface area contributed by atoms with Crippen LogP contribution in [0.2, 0.25) is 5.02 Å².